The third kappa shape index (κ3) is 3.86. The van der Waals surface area contributed by atoms with Crippen molar-refractivity contribution < 1.29 is 9.60 Å². The van der Waals surface area contributed by atoms with Gasteiger partial charge in [-0.25, -0.2) is 4.39 Å². The van der Waals surface area contributed by atoms with E-state index in [0.29, 0.717) is 22.1 Å². The monoisotopic (exact) mass is 282 g/mol. The first-order chi connectivity index (χ1) is 9.20. The van der Waals surface area contributed by atoms with Crippen LogP contribution in [0, 0.1) is 5.82 Å². The Morgan fingerprint density at radius 2 is 2.11 bits per heavy atom. The fraction of sp³-hybridized carbons (Fsp3) is 0.500. The molecule has 1 aliphatic rings. The van der Waals surface area contributed by atoms with Crippen molar-refractivity contribution in [2.75, 3.05) is 0 Å². The predicted molar refractivity (Wildman–Crippen MR) is 77.1 cm³/mol. The Morgan fingerprint density at radius 3 is 2.74 bits per heavy atom. The average Bonchev–Trinajstić information content (AvgIpc) is 2.46. The van der Waals surface area contributed by atoms with Crippen molar-refractivity contribution in [2.24, 2.45) is 10.9 Å². The number of amidine groups is 1. The van der Waals surface area contributed by atoms with E-state index in [-0.39, 0.29) is 11.7 Å². The van der Waals surface area contributed by atoms with Crippen LogP contribution in [-0.4, -0.2) is 16.3 Å². The molecule has 0 unspecified atom stereocenters. The number of benzene rings is 1. The van der Waals surface area contributed by atoms with Crippen molar-refractivity contribution >= 4 is 17.6 Å². The maximum atomic E-state index is 13.9. The summed E-state index contributed by atoms with van der Waals surface area (Å²) in [5, 5.41) is 12.1. The Bertz CT molecular complexity index is 459. The molecule has 1 saturated carbocycles. The number of hydrogen-bond donors (Lipinski definition) is 2. The molecule has 0 aromatic heterocycles. The molecule has 0 spiro atoms. The van der Waals surface area contributed by atoms with Crippen LogP contribution >= 0.6 is 11.8 Å². The number of rotatable bonds is 4. The molecule has 0 aliphatic heterocycles. The molecule has 19 heavy (non-hydrogen) atoms. The van der Waals surface area contributed by atoms with Crippen LogP contribution in [0.3, 0.4) is 0 Å². The molecule has 0 atom stereocenters. The van der Waals surface area contributed by atoms with Gasteiger partial charge in [0.1, 0.15) is 5.82 Å². The van der Waals surface area contributed by atoms with E-state index in [2.05, 4.69) is 5.16 Å². The Labute approximate surface area is 117 Å². The summed E-state index contributed by atoms with van der Waals surface area (Å²) in [4.78, 5) is 0. The zero-order valence-electron chi connectivity index (χ0n) is 10.8. The van der Waals surface area contributed by atoms with E-state index in [1.807, 2.05) is 11.8 Å². The number of nitrogens with zero attached hydrogens (tertiary/aromatic N) is 1. The molecular weight excluding hydrogens is 263 g/mol. The predicted octanol–water partition coefficient (Wildman–Crippen LogP) is 3.49. The lowest BCUT2D eigenvalue weighted by molar-refractivity contribution is 0.318. The summed E-state index contributed by atoms with van der Waals surface area (Å²) >= 11 is 1.83. The van der Waals surface area contributed by atoms with Crippen LogP contribution < -0.4 is 5.73 Å². The van der Waals surface area contributed by atoms with Crippen LogP contribution in [0.4, 0.5) is 4.39 Å². The third-order valence-electron chi connectivity index (χ3n) is 3.48. The SMILES string of the molecule is N/C(=N\O)c1ccc(CSC2CCCCC2)c(F)c1. The third-order valence-corrected chi connectivity index (χ3v) is 4.90. The summed E-state index contributed by atoms with van der Waals surface area (Å²) < 4.78 is 13.9. The van der Waals surface area contributed by atoms with Gasteiger partial charge in [-0.1, -0.05) is 36.6 Å². The largest absolute Gasteiger partial charge is 0.409 e. The molecule has 2 rings (SSSR count). The molecule has 0 heterocycles. The summed E-state index contributed by atoms with van der Waals surface area (Å²) in [5.74, 6) is 0.338. The van der Waals surface area contributed by atoms with Crippen molar-refractivity contribution in [3.8, 4) is 0 Å². The lowest BCUT2D eigenvalue weighted by Crippen LogP contribution is -2.13. The fourth-order valence-electron chi connectivity index (χ4n) is 2.32. The number of oxime groups is 1. The van der Waals surface area contributed by atoms with E-state index in [1.54, 1.807) is 12.1 Å². The highest BCUT2D eigenvalue weighted by atomic mass is 32.2. The van der Waals surface area contributed by atoms with E-state index in [4.69, 9.17) is 10.9 Å². The van der Waals surface area contributed by atoms with E-state index in [9.17, 15) is 4.39 Å². The Morgan fingerprint density at radius 1 is 1.37 bits per heavy atom. The number of hydrogen-bond acceptors (Lipinski definition) is 3. The Balaban J connectivity index is 1.97. The molecule has 1 aromatic carbocycles. The molecule has 0 bridgehead atoms. The minimum Gasteiger partial charge on any atom is -0.409 e. The first-order valence-electron chi connectivity index (χ1n) is 6.58. The first-order valence-corrected chi connectivity index (χ1v) is 7.63. The van der Waals surface area contributed by atoms with E-state index < -0.39 is 0 Å². The standard InChI is InChI=1S/C14H19FN2OS/c15-13-8-10(14(16)17-18)6-7-11(13)9-19-12-4-2-1-3-5-12/h6-8,12,18H,1-5,9H2,(H2,16,17). The second-order valence-electron chi connectivity index (χ2n) is 4.86. The van der Waals surface area contributed by atoms with E-state index >= 15 is 0 Å². The van der Waals surface area contributed by atoms with Gasteiger partial charge in [-0.15, -0.1) is 0 Å². The highest BCUT2D eigenvalue weighted by Gasteiger charge is 2.15. The van der Waals surface area contributed by atoms with Gasteiger partial charge in [0.05, 0.1) is 0 Å². The zero-order valence-corrected chi connectivity index (χ0v) is 11.6. The lowest BCUT2D eigenvalue weighted by Gasteiger charge is -2.21. The van der Waals surface area contributed by atoms with Crippen LogP contribution in [-0.2, 0) is 5.75 Å². The maximum absolute atomic E-state index is 13.9. The highest BCUT2D eigenvalue weighted by molar-refractivity contribution is 7.99. The fourth-order valence-corrected chi connectivity index (χ4v) is 3.64. The molecule has 1 fully saturated rings. The van der Waals surface area contributed by atoms with Gasteiger partial charge in [-0.05, 0) is 24.5 Å². The highest BCUT2D eigenvalue weighted by Crippen LogP contribution is 2.31. The number of halogens is 1. The summed E-state index contributed by atoms with van der Waals surface area (Å²) in [7, 11) is 0. The smallest absolute Gasteiger partial charge is 0.170 e. The van der Waals surface area contributed by atoms with Crippen molar-refractivity contribution in [2.45, 2.75) is 43.1 Å². The topological polar surface area (TPSA) is 58.6 Å². The quantitative estimate of drug-likeness (QED) is 0.385. The molecule has 0 radical (unpaired) electrons. The minimum absolute atomic E-state index is 0.0645. The summed E-state index contributed by atoms with van der Waals surface area (Å²) in [5.41, 5.74) is 6.53. The van der Waals surface area contributed by atoms with Crippen LogP contribution in [0.15, 0.2) is 23.4 Å². The summed E-state index contributed by atoms with van der Waals surface area (Å²) in [6.07, 6.45) is 6.41. The van der Waals surface area contributed by atoms with E-state index in [0.717, 1.165) is 0 Å². The van der Waals surface area contributed by atoms with Crippen LogP contribution in [0.1, 0.15) is 43.2 Å². The van der Waals surface area contributed by atoms with Crippen molar-refractivity contribution in [3.05, 3.63) is 35.1 Å². The molecule has 3 nitrogen and oxygen atoms in total. The number of thioether (sulfide) groups is 1. The number of nitrogens with two attached hydrogens (primary N) is 1. The molecule has 5 heteroatoms. The minimum atomic E-state index is -0.285. The van der Waals surface area contributed by atoms with Gasteiger partial charge in [0.15, 0.2) is 5.84 Å². The van der Waals surface area contributed by atoms with Gasteiger partial charge in [-0.2, -0.15) is 11.8 Å². The maximum Gasteiger partial charge on any atom is 0.170 e. The summed E-state index contributed by atoms with van der Waals surface area (Å²) in [6.45, 7) is 0. The molecule has 1 aliphatic carbocycles. The first kappa shape index (κ1) is 14.2. The van der Waals surface area contributed by atoms with Gasteiger partial charge in [0.25, 0.3) is 0 Å². The second-order valence-corrected chi connectivity index (χ2v) is 6.15. The molecular formula is C14H19FN2OS. The van der Waals surface area contributed by atoms with Crippen LogP contribution in [0.25, 0.3) is 0 Å². The van der Waals surface area contributed by atoms with E-state index in [1.165, 1.54) is 38.2 Å². The molecule has 0 saturated heterocycles. The van der Waals surface area contributed by atoms with Crippen LogP contribution in [0.2, 0.25) is 0 Å². The second kappa shape index (κ2) is 6.80. The normalized spacial score (nSPS) is 17.6. The van der Waals surface area contributed by atoms with Gasteiger partial charge in [0.2, 0.25) is 0 Å². The molecule has 0 amide bonds. The molecule has 104 valence electrons. The van der Waals surface area contributed by atoms with Gasteiger partial charge >= 0.3 is 0 Å². The Kier molecular flexibility index (Phi) is 5.07. The van der Waals surface area contributed by atoms with Crippen LogP contribution in [0.5, 0.6) is 0 Å². The zero-order chi connectivity index (χ0) is 13.7. The van der Waals surface area contributed by atoms with Gasteiger partial charge in [0, 0.05) is 16.6 Å². The van der Waals surface area contributed by atoms with Crippen molar-refractivity contribution in [1.29, 1.82) is 0 Å². The van der Waals surface area contributed by atoms with Gasteiger partial charge < -0.3 is 10.9 Å². The average molecular weight is 282 g/mol. The van der Waals surface area contributed by atoms with Crippen molar-refractivity contribution in [1.82, 2.24) is 0 Å². The summed E-state index contributed by atoms with van der Waals surface area (Å²) in [6, 6.07) is 4.74. The molecule has 1 aromatic rings. The van der Waals surface area contributed by atoms with Gasteiger partial charge in [-0.3, -0.25) is 0 Å². The van der Waals surface area contributed by atoms with Crippen molar-refractivity contribution in [3.63, 3.8) is 0 Å². The lowest BCUT2D eigenvalue weighted by atomic mass is 10.0. The molecule has 3 N–H and O–H groups in total. The Hall–Kier alpha value is -1.23.